The standard InChI is InChI=1S/C22H24N2O2/c25-21-10-4-5-15-23(21)19-13-11-18(12-14-19)22(26)24-16-6-9-20(24)17-7-2-1-3-8-17/h1-3,7-8,11-14,20H,4-6,9-10,15-16H2/t20-/m1/s1. The molecular weight excluding hydrogens is 324 g/mol. The Kier molecular flexibility index (Phi) is 4.74. The van der Waals surface area contributed by atoms with Gasteiger partial charge < -0.3 is 9.80 Å². The summed E-state index contributed by atoms with van der Waals surface area (Å²) in [5.41, 5.74) is 2.79. The first-order chi connectivity index (χ1) is 12.7. The van der Waals surface area contributed by atoms with E-state index < -0.39 is 0 Å². The molecule has 2 fully saturated rings. The van der Waals surface area contributed by atoms with Crippen LogP contribution in [0.5, 0.6) is 0 Å². The van der Waals surface area contributed by atoms with Crippen molar-refractivity contribution in [3.05, 3.63) is 65.7 Å². The molecule has 0 radical (unpaired) electrons. The number of anilines is 1. The number of carbonyl (C=O) groups is 2. The average Bonchev–Trinajstić information content (AvgIpc) is 3.18. The molecule has 4 heteroatoms. The van der Waals surface area contributed by atoms with E-state index in [1.54, 1.807) is 0 Å². The third kappa shape index (κ3) is 3.24. The van der Waals surface area contributed by atoms with Gasteiger partial charge in [-0.2, -0.15) is 0 Å². The van der Waals surface area contributed by atoms with Crippen molar-refractivity contribution in [3.8, 4) is 0 Å². The molecule has 2 aromatic rings. The zero-order chi connectivity index (χ0) is 17.9. The van der Waals surface area contributed by atoms with Crippen LogP contribution in [-0.4, -0.2) is 29.8 Å². The Morgan fingerprint density at radius 1 is 0.885 bits per heavy atom. The van der Waals surface area contributed by atoms with E-state index in [9.17, 15) is 9.59 Å². The Hall–Kier alpha value is -2.62. The summed E-state index contributed by atoms with van der Waals surface area (Å²) in [5.74, 6) is 0.256. The van der Waals surface area contributed by atoms with E-state index in [0.29, 0.717) is 12.0 Å². The van der Waals surface area contributed by atoms with Crippen molar-refractivity contribution in [1.82, 2.24) is 4.90 Å². The smallest absolute Gasteiger partial charge is 0.254 e. The highest BCUT2D eigenvalue weighted by Crippen LogP contribution is 2.33. The molecule has 26 heavy (non-hydrogen) atoms. The normalized spacial score (nSPS) is 20.5. The predicted molar refractivity (Wildman–Crippen MR) is 102 cm³/mol. The van der Waals surface area contributed by atoms with Gasteiger partial charge in [-0.1, -0.05) is 30.3 Å². The van der Waals surface area contributed by atoms with Crippen molar-refractivity contribution < 1.29 is 9.59 Å². The molecule has 1 atom stereocenters. The van der Waals surface area contributed by atoms with E-state index in [0.717, 1.165) is 44.5 Å². The SMILES string of the molecule is O=C1CCCCN1c1ccc(C(=O)N2CCC[C@@H]2c2ccccc2)cc1. The molecule has 2 saturated heterocycles. The van der Waals surface area contributed by atoms with Crippen LogP contribution in [0.4, 0.5) is 5.69 Å². The first-order valence-corrected chi connectivity index (χ1v) is 9.50. The van der Waals surface area contributed by atoms with Crippen LogP contribution >= 0.6 is 0 Å². The molecule has 4 nitrogen and oxygen atoms in total. The second kappa shape index (κ2) is 7.32. The van der Waals surface area contributed by atoms with Crippen molar-refractivity contribution in [3.63, 3.8) is 0 Å². The van der Waals surface area contributed by atoms with Gasteiger partial charge in [-0.15, -0.1) is 0 Å². The molecule has 0 aromatic heterocycles. The third-order valence-electron chi connectivity index (χ3n) is 5.45. The minimum atomic E-state index is 0.0767. The number of carbonyl (C=O) groups excluding carboxylic acids is 2. The summed E-state index contributed by atoms with van der Waals surface area (Å²) in [4.78, 5) is 28.9. The van der Waals surface area contributed by atoms with Crippen LogP contribution in [0, 0.1) is 0 Å². The monoisotopic (exact) mass is 348 g/mol. The van der Waals surface area contributed by atoms with Crippen LogP contribution in [0.1, 0.15) is 54.1 Å². The molecule has 4 rings (SSSR count). The molecule has 0 aliphatic carbocycles. The van der Waals surface area contributed by atoms with Gasteiger partial charge in [0.25, 0.3) is 5.91 Å². The largest absolute Gasteiger partial charge is 0.332 e. The highest BCUT2D eigenvalue weighted by Gasteiger charge is 2.30. The zero-order valence-corrected chi connectivity index (χ0v) is 14.9. The van der Waals surface area contributed by atoms with Gasteiger partial charge in [0.05, 0.1) is 6.04 Å². The van der Waals surface area contributed by atoms with Crippen LogP contribution < -0.4 is 4.90 Å². The summed E-state index contributed by atoms with van der Waals surface area (Å²) in [6, 6.07) is 18.0. The van der Waals surface area contributed by atoms with Crippen LogP contribution in [0.2, 0.25) is 0 Å². The van der Waals surface area contributed by atoms with Gasteiger partial charge in [0, 0.05) is 30.8 Å². The van der Waals surface area contributed by atoms with Gasteiger partial charge in [-0.05, 0) is 55.5 Å². The topological polar surface area (TPSA) is 40.6 Å². The van der Waals surface area contributed by atoms with Crippen molar-refractivity contribution in [2.24, 2.45) is 0 Å². The summed E-state index contributed by atoms with van der Waals surface area (Å²) in [7, 11) is 0. The molecule has 0 spiro atoms. The Morgan fingerprint density at radius 3 is 2.38 bits per heavy atom. The van der Waals surface area contributed by atoms with Crippen LogP contribution in [0.15, 0.2) is 54.6 Å². The van der Waals surface area contributed by atoms with E-state index in [4.69, 9.17) is 0 Å². The van der Waals surface area contributed by atoms with Crippen molar-refractivity contribution in [1.29, 1.82) is 0 Å². The molecule has 2 aliphatic rings. The molecule has 0 N–H and O–H groups in total. The fraction of sp³-hybridized carbons (Fsp3) is 0.364. The highest BCUT2D eigenvalue weighted by molar-refractivity contribution is 5.97. The summed E-state index contributed by atoms with van der Waals surface area (Å²) in [6.45, 7) is 1.57. The quantitative estimate of drug-likeness (QED) is 0.835. The molecule has 0 bridgehead atoms. The maximum absolute atomic E-state index is 13.0. The number of hydrogen-bond acceptors (Lipinski definition) is 2. The lowest BCUT2D eigenvalue weighted by atomic mass is 10.0. The van der Waals surface area contributed by atoms with Gasteiger partial charge >= 0.3 is 0 Å². The molecule has 0 saturated carbocycles. The second-order valence-corrected chi connectivity index (χ2v) is 7.12. The fourth-order valence-corrected chi connectivity index (χ4v) is 4.06. The van der Waals surface area contributed by atoms with Gasteiger partial charge in [-0.3, -0.25) is 9.59 Å². The molecule has 2 heterocycles. The molecule has 134 valence electrons. The average molecular weight is 348 g/mol. The number of amides is 2. The van der Waals surface area contributed by atoms with Crippen molar-refractivity contribution >= 4 is 17.5 Å². The van der Waals surface area contributed by atoms with Crippen molar-refractivity contribution in [2.45, 2.75) is 38.1 Å². The molecular formula is C22H24N2O2. The van der Waals surface area contributed by atoms with Crippen LogP contribution in [-0.2, 0) is 4.79 Å². The van der Waals surface area contributed by atoms with E-state index in [2.05, 4.69) is 12.1 Å². The Balaban J connectivity index is 1.52. The Labute approximate surface area is 154 Å². The van der Waals surface area contributed by atoms with E-state index in [1.807, 2.05) is 52.3 Å². The summed E-state index contributed by atoms with van der Waals surface area (Å²) in [6.07, 6.45) is 4.68. The summed E-state index contributed by atoms with van der Waals surface area (Å²) >= 11 is 0. The Morgan fingerprint density at radius 2 is 1.65 bits per heavy atom. The van der Waals surface area contributed by atoms with E-state index in [1.165, 1.54) is 5.56 Å². The maximum atomic E-state index is 13.0. The van der Waals surface area contributed by atoms with E-state index in [-0.39, 0.29) is 17.9 Å². The molecule has 0 unspecified atom stereocenters. The number of likely N-dealkylation sites (tertiary alicyclic amines) is 1. The zero-order valence-electron chi connectivity index (χ0n) is 14.9. The second-order valence-electron chi connectivity index (χ2n) is 7.12. The number of hydrogen-bond donors (Lipinski definition) is 0. The van der Waals surface area contributed by atoms with Gasteiger partial charge in [0.2, 0.25) is 5.91 Å². The first-order valence-electron chi connectivity index (χ1n) is 9.50. The van der Waals surface area contributed by atoms with E-state index >= 15 is 0 Å². The highest BCUT2D eigenvalue weighted by atomic mass is 16.2. The molecule has 2 amide bonds. The fourth-order valence-electron chi connectivity index (χ4n) is 4.06. The van der Waals surface area contributed by atoms with Crippen LogP contribution in [0.25, 0.3) is 0 Å². The van der Waals surface area contributed by atoms with Crippen molar-refractivity contribution in [2.75, 3.05) is 18.0 Å². The summed E-state index contributed by atoms with van der Waals surface area (Å²) < 4.78 is 0. The lowest BCUT2D eigenvalue weighted by molar-refractivity contribution is -0.119. The van der Waals surface area contributed by atoms with Crippen LogP contribution in [0.3, 0.4) is 0 Å². The lowest BCUT2D eigenvalue weighted by Gasteiger charge is -2.27. The number of benzene rings is 2. The maximum Gasteiger partial charge on any atom is 0.254 e. The number of rotatable bonds is 3. The minimum Gasteiger partial charge on any atom is -0.332 e. The Bertz CT molecular complexity index is 786. The van der Waals surface area contributed by atoms with Gasteiger partial charge in [0.15, 0.2) is 0 Å². The summed E-state index contributed by atoms with van der Waals surface area (Å²) in [5, 5.41) is 0. The molecule has 2 aromatic carbocycles. The third-order valence-corrected chi connectivity index (χ3v) is 5.45. The molecule has 2 aliphatic heterocycles. The van der Waals surface area contributed by atoms with Gasteiger partial charge in [-0.25, -0.2) is 0 Å². The predicted octanol–water partition coefficient (Wildman–Crippen LogP) is 4.18. The first kappa shape index (κ1) is 16.8. The lowest BCUT2D eigenvalue weighted by Crippen LogP contribution is -2.35. The van der Waals surface area contributed by atoms with Gasteiger partial charge in [0.1, 0.15) is 0 Å². The number of nitrogens with zero attached hydrogens (tertiary/aromatic N) is 2. The number of piperidine rings is 1. The minimum absolute atomic E-state index is 0.0767.